The molecule has 136 valence electrons. The van der Waals surface area contributed by atoms with Crippen molar-refractivity contribution < 1.29 is 9.59 Å². The van der Waals surface area contributed by atoms with Crippen molar-refractivity contribution in [3.8, 4) is 0 Å². The molecule has 1 N–H and O–H groups in total. The minimum absolute atomic E-state index is 0.0280. The first-order chi connectivity index (χ1) is 13.0. The predicted molar refractivity (Wildman–Crippen MR) is 111 cm³/mol. The lowest BCUT2D eigenvalue weighted by molar-refractivity contribution is -0.115. The van der Waals surface area contributed by atoms with E-state index in [0.29, 0.717) is 11.3 Å². The van der Waals surface area contributed by atoms with Gasteiger partial charge in [0.1, 0.15) is 5.25 Å². The number of thioether (sulfide) groups is 1. The number of nitrogens with one attached hydrogen (secondary N) is 1. The molecule has 3 aromatic rings. The molecule has 0 aliphatic heterocycles. The first-order valence-corrected chi connectivity index (χ1v) is 9.61. The molecule has 0 bridgehead atoms. The van der Waals surface area contributed by atoms with Crippen molar-refractivity contribution in [3.05, 3.63) is 95.6 Å². The first-order valence-electron chi connectivity index (χ1n) is 8.73. The number of benzene rings is 3. The van der Waals surface area contributed by atoms with E-state index >= 15 is 0 Å². The molecule has 0 aliphatic rings. The van der Waals surface area contributed by atoms with Crippen molar-refractivity contribution in [3.63, 3.8) is 0 Å². The molecule has 1 atom stereocenters. The maximum absolute atomic E-state index is 13.0. The lowest BCUT2D eigenvalue weighted by atomic mass is 10.1. The molecule has 1 amide bonds. The standard InChI is InChI=1S/C23H21NO2S/c1-16-11-13-21(14-12-16)27-22(18-7-4-3-5-8-18)23(26)24-20-10-6-9-19(15-20)17(2)25/h3-15,22H,1-2H3,(H,24,26)/t22-/m1/s1. The molecule has 3 nitrogen and oxygen atoms in total. The van der Waals surface area contributed by atoms with Crippen LogP contribution in [0.5, 0.6) is 0 Å². The lowest BCUT2D eigenvalue weighted by Gasteiger charge is -2.17. The van der Waals surface area contributed by atoms with Gasteiger partial charge in [-0.2, -0.15) is 0 Å². The average molecular weight is 375 g/mol. The summed E-state index contributed by atoms with van der Waals surface area (Å²) < 4.78 is 0. The molecule has 0 spiro atoms. The van der Waals surface area contributed by atoms with Crippen LogP contribution in [-0.2, 0) is 4.79 Å². The van der Waals surface area contributed by atoms with Crippen LogP contribution < -0.4 is 5.32 Å². The SMILES string of the molecule is CC(=O)c1cccc(NC(=O)[C@H](Sc2ccc(C)cc2)c2ccccc2)c1. The van der Waals surface area contributed by atoms with Crippen molar-refractivity contribution >= 4 is 29.1 Å². The fourth-order valence-corrected chi connectivity index (χ4v) is 3.70. The van der Waals surface area contributed by atoms with Crippen LogP contribution in [0.2, 0.25) is 0 Å². The van der Waals surface area contributed by atoms with Crippen LogP contribution >= 0.6 is 11.8 Å². The fraction of sp³-hybridized carbons (Fsp3) is 0.130. The Bertz CT molecular complexity index is 936. The molecule has 3 aromatic carbocycles. The maximum Gasteiger partial charge on any atom is 0.242 e. The number of ketones is 1. The van der Waals surface area contributed by atoms with Crippen LogP contribution in [0.15, 0.2) is 83.8 Å². The summed E-state index contributed by atoms with van der Waals surface area (Å²) in [6.45, 7) is 3.55. The quantitative estimate of drug-likeness (QED) is 0.446. The monoisotopic (exact) mass is 375 g/mol. The molecule has 0 heterocycles. The fourth-order valence-electron chi connectivity index (χ4n) is 2.68. The highest BCUT2D eigenvalue weighted by Gasteiger charge is 2.22. The summed E-state index contributed by atoms with van der Waals surface area (Å²) >= 11 is 1.51. The molecular formula is C23H21NO2S. The number of aryl methyl sites for hydroxylation is 1. The van der Waals surface area contributed by atoms with Gasteiger partial charge in [-0.3, -0.25) is 9.59 Å². The van der Waals surface area contributed by atoms with Gasteiger partial charge in [0.25, 0.3) is 0 Å². The van der Waals surface area contributed by atoms with Crippen molar-refractivity contribution in [1.29, 1.82) is 0 Å². The number of amides is 1. The molecular weight excluding hydrogens is 354 g/mol. The Morgan fingerprint density at radius 2 is 1.59 bits per heavy atom. The number of carbonyl (C=O) groups is 2. The molecule has 0 saturated carbocycles. The van der Waals surface area contributed by atoms with Crippen molar-refractivity contribution in [2.75, 3.05) is 5.32 Å². The van der Waals surface area contributed by atoms with E-state index in [2.05, 4.69) is 5.32 Å². The van der Waals surface area contributed by atoms with Gasteiger partial charge < -0.3 is 5.32 Å². The molecule has 0 aliphatic carbocycles. The summed E-state index contributed by atoms with van der Waals surface area (Å²) in [5.41, 5.74) is 3.32. The molecule has 0 fully saturated rings. The van der Waals surface area contributed by atoms with Crippen LogP contribution in [0.25, 0.3) is 0 Å². The molecule has 0 radical (unpaired) electrons. The van der Waals surface area contributed by atoms with Crippen molar-refractivity contribution in [2.45, 2.75) is 24.0 Å². The summed E-state index contributed by atoms with van der Waals surface area (Å²) in [4.78, 5) is 25.7. The highest BCUT2D eigenvalue weighted by atomic mass is 32.2. The highest BCUT2D eigenvalue weighted by Crippen LogP contribution is 2.36. The topological polar surface area (TPSA) is 46.2 Å². The van der Waals surface area contributed by atoms with E-state index in [1.165, 1.54) is 24.2 Å². The molecule has 0 aromatic heterocycles. The van der Waals surface area contributed by atoms with Gasteiger partial charge in [-0.15, -0.1) is 11.8 Å². The first kappa shape index (κ1) is 18.9. The van der Waals surface area contributed by atoms with E-state index in [-0.39, 0.29) is 11.7 Å². The van der Waals surface area contributed by atoms with Gasteiger partial charge in [0.2, 0.25) is 5.91 Å². The third-order valence-electron chi connectivity index (χ3n) is 4.15. The summed E-state index contributed by atoms with van der Waals surface area (Å²) in [5.74, 6) is -0.146. The van der Waals surface area contributed by atoms with E-state index in [0.717, 1.165) is 10.5 Å². The van der Waals surface area contributed by atoms with E-state index in [9.17, 15) is 9.59 Å². The Balaban J connectivity index is 1.85. The minimum atomic E-state index is -0.394. The van der Waals surface area contributed by atoms with E-state index < -0.39 is 5.25 Å². The zero-order valence-electron chi connectivity index (χ0n) is 15.3. The summed E-state index contributed by atoms with van der Waals surface area (Å²) in [5, 5.41) is 2.56. The Morgan fingerprint density at radius 3 is 2.26 bits per heavy atom. The van der Waals surface area contributed by atoms with Crippen LogP contribution in [0.3, 0.4) is 0 Å². The van der Waals surface area contributed by atoms with E-state index in [1.807, 2.05) is 61.5 Å². The Morgan fingerprint density at radius 1 is 0.889 bits per heavy atom. The van der Waals surface area contributed by atoms with Gasteiger partial charge in [0.05, 0.1) is 0 Å². The van der Waals surface area contributed by atoms with Crippen molar-refractivity contribution in [1.82, 2.24) is 0 Å². The largest absolute Gasteiger partial charge is 0.325 e. The summed E-state index contributed by atoms with van der Waals surface area (Å²) in [7, 11) is 0. The van der Waals surface area contributed by atoms with Gasteiger partial charge in [0, 0.05) is 16.1 Å². The second-order valence-corrected chi connectivity index (χ2v) is 7.53. The van der Waals surface area contributed by atoms with Crippen molar-refractivity contribution in [2.24, 2.45) is 0 Å². The smallest absolute Gasteiger partial charge is 0.242 e. The van der Waals surface area contributed by atoms with Gasteiger partial charge in [-0.05, 0) is 43.7 Å². The van der Waals surface area contributed by atoms with Gasteiger partial charge in [-0.1, -0.05) is 60.2 Å². The number of hydrogen-bond donors (Lipinski definition) is 1. The minimum Gasteiger partial charge on any atom is -0.325 e. The highest BCUT2D eigenvalue weighted by molar-refractivity contribution is 8.00. The predicted octanol–water partition coefficient (Wildman–Crippen LogP) is 5.67. The van der Waals surface area contributed by atoms with Gasteiger partial charge in [0.15, 0.2) is 5.78 Å². The number of anilines is 1. The molecule has 4 heteroatoms. The lowest BCUT2D eigenvalue weighted by Crippen LogP contribution is -2.19. The van der Waals surface area contributed by atoms with Crippen LogP contribution in [0.4, 0.5) is 5.69 Å². The molecule has 27 heavy (non-hydrogen) atoms. The number of Topliss-reactive ketones (excluding diaryl/α,β-unsaturated/α-hetero) is 1. The second kappa shape index (κ2) is 8.69. The Hall–Kier alpha value is -2.85. The van der Waals surface area contributed by atoms with Gasteiger partial charge in [-0.25, -0.2) is 0 Å². The normalized spacial score (nSPS) is 11.6. The van der Waals surface area contributed by atoms with Gasteiger partial charge >= 0.3 is 0 Å². The third-order valence-corrected chi connectivity index (χ3v) is 5.42. The zero-order chi connectivity index (χ0) is 19.2. The zero-order valence-corrected chi connectivity index (χ0v) is 16.1. The molecule has 3 rings (SSSR count). The second-order valence-electron chi connectivity index (χ2n) is 6.35. The maximum atomic E-state index is 13.0. The van der Waals surface area contributed by atoms with E-state index in [4.69, 9.17) is 0 Å². The van der Waals surface area contributed by atoms with Crippen LogP contribution in [-0.4, -0.2) is 11.7 Å². The average Bonchev–Trinajstić information content (AvgIpc) is 2.68. The molecule has 0 unspecified atom stereocenters. The summed E-state index contributed by atoms with van der Waals surface area (Å²) in [6.07, 6.45) is 0. The summed E-state index contributed by atoms with van der Waals surface area (Å²) in [6, 6.07) is 24.9. The van der Waals surface area contributed by atoms with E-state index in [1.54, 1.807) is 24.3 Å². The number of hydrogen-bond acceptors (Lipinski definition) is 3. The Labute approximate surface area is 163 Å². The van der Waals surface area contributed by atoms with Crippen LogP contribution in [0, 0.1) is 6.92 Å². The van der Waals surface area contributed by atoms with Crippen LogP contribution in [0.1, 0.15) is 33.7 Å². The number of carbonyl (C=O) groups excluding carboxylic acids is 2. The number of rotatable bonds is 6. The Kier molecular flexibility index (Phi) is 6.09. The molecule has 0 saturated heterocycles. The third kappa shape index (κ3) is 5.08.